The van der Waals surface area contributed by atoms with Gasteiger partial charge in [-0.25, -0.2) is 0 Å². The van der Waals surface area contributed by atoms with Crippen LogP contribution in [0.5, 0.6) is 0 Å². The topological polar surface area (TPSA) is 64.4 Å². The zero-order valence-corrected chi connectivity index (χ0v) is 11.6. The van der Waals surface area contributed by atoms with Gasteiger partial charge in [-0.1, -0.05) is 0 Å². The molecule has 0 bridgehead atoms. The van der Waals surface area contributed by atoms with Crippen molar-refractivity contribution in [3.05, 3.63) is 0 Å². The molecule has 100 valence electrons. The Morgan fingerprint density at radius 2 is 2.18 bits per heavy atom. The van der Waals surface area contributed by atoms with Gasteiger partial charge >= 0.3 is 0 Å². The molecule has 0 saturated carbocycles. The lowest BCUT2D eigenvalue weighted by Gasteiger charge is -2.35. The molecule has 0 spiro atoms. The van der Waals surface area contributed by atoms with Crippen LogP contribution in [0.15, 0.2) is 0 Å². The highest BCUT2D eigenvalue weighted by Crippen LogP contribution is 2.29. The first-order valence-corrected chi connectivity index (χ1v) is 7.62. The highest BCUT2D eigenvalue weighted by atomic mass is 32.2. The third kappa shape index (κ3) is 4.16. The number of rotatable bonds is 6. The number of nitrogens with one attached hydrogen (secondary N) is 1. The molecule has 1 amide bonds. The van der Waals surface area contributed by atoms with Crippen molar-refractivity contribution < 1.29 is 9.53 Å². The van der Waals surface area contributed by atoms with Gasteiger partial charge in [0.05, 0.1) is 5.41 Å². The summed E-state index contributed by atoms with van der Waals surface area (Å²) in [4.78, 5) is 12.3. The molecule has 17 heavy (non-hydrogen) atoms. The third-order valence-corrected chi connectivity index (χ3v) is 4.10. The second-order valence-electron chi connectivity index (χ2n) is 4.75. The highest BCUT2D eigenvalue weighted by molar-refractivity contribution is 7.98. The molecular weight excluding hydrogens is 236 g/mol. The van der Waals surface area contributed by atoms with E-state index in [1.807, 2.05) is 0 Å². The summed E-state index contributed by atoms with van der Waals surface area (Å²) in [5, 5.41) is 3.09. The Kier molecular flexibility index (Phi) is 6.30. The molecule has 1 atom stereocenters. The molecule has 5 heteroatoms. The van der Waals surface area contributed by atoms with Crippen molar-refractivity contribution in [2.24, 2.45) is 11.1 Å². The number of thioether (sulfide) groups is 1. The fraction of sp³-hybridized carbons (Fsp3) is 0.917. The predicted molar refractivity (Wildman–Crippen MR) is 72.1 cm³/mol. The quantitative estimate of drug-likeness (QED) is 0.748. The molecular formula is C12H24N2O2S. The van der Waals surface area contributed by atoms with Gasteiger partial charge in [0, 0.05) is 25.8 Å². The molecule has 4 nitrogen and oxygen atoms in total. The summed E-state index contributed by atoms with van der Waals surface area (Å²) < 4.78 is 5.31. The number of ether oxygens (including phenoxy) is 1. The third-order valence-electron chi connectivity index (χ3n) is 3.45. The van der Waals surface area contributed by atoms with Crippen LogP contribution in [0, 0.1) is 5.41 Å². The summed E-state index contributed by atoms with van der Waals surface area (Å²) in [5.41, 5.74) is 5.40. The number of amides is 1. The fourth-order valence-corrected chi connectivity index (χ4v) is 2.62. The first kappa shape index (κ1) is 14.8. The zero-order valence-electron chi connectivity index (χ0n) is 10.8. The Bertz CT molecular complexity index is 243. The van der Waals surface area contributed by atoms with Crippen molar-refractivity contribution in [3.63, 3.8) is 0 Å². The van der Waals surface area contributed by atoms with Gasteiger partial charge < -0.3 is 15.8 Å². The average Bonchev–Trinajstić information content (AvgIpc) is 2.37. The van der Waals surface area contributed by atoms with Crippen LogP contribution in [-0.2, 0) is 9.53 Å². The van der Waals surface area contributed by atoms with E-state index in [1.165, 1.54) is 0 Å². The molecule has 1 aliphatic rings. The van der Waals surface area contributed by atoms with Gasteiger partial charge in [-0.05, 0) is 38.2 Å². The van der Waals surface area contributed by atoms with Crippen molar-refractivity contribution >= 4 is 17.7 Å². The summed E-state index contributed by atoms with van der Waals surface area (Å²) in [6.45, 7) is 3.75. The van der Waals surface area contributed by atoms with E-state index >= 15 is 0 Å². The number of hydrogen-bond acceptors (Lipinski definition) is 4. The van der Waals surface area contributed by atoms with Crippen molar-refractivity contribution in [1.29, 1.82) is 0 Å². The smallest absolute Gasteiger partial charge is 0.227 e. The lowest BCUT2D eigenvalue weighted by atomic mass is 9.79. The minimum atomic E-state index is -0.397. The molecule has 1 heterocycles. The van der Waals surface area contributed by atoms with E-state index in [4.69, 9.17) is 10.5 Å². The SMILES string of the molecule is CSCCC(C)NC(=O)C1(CN)CCOCC1. The van der Waals surface area contributed by atoms with E-state index in [2.05, 4.69) is 18.5 Å². The maximum absolute atomic E-state index is 12.3. The lowest BCUT2D eigenvalue weighted by Crippen LogP contribution is -2.51. The highest BCUT2D eigenvalue weighted by Gasteiger charge is 2.39. The van der Waals surface area contributed by atoms with Crippen LogP contribution in [-0.4, -0.2) is 43.7 Å². The van der Waals surface area contributed by atoms with Gasteiger partial charge in [0.1, 0.15) is 0 Å². The summed E-state index contributed by atoms with van der Waals surface area (Å²) in [7, 11) is 0. The van der Waals surface area contributed by atoms with Crippen molar-refractivity contribution in [3.8, 4) is 0 Å². The van der Waals surface area contributed by atoms with Crippen molar-refractivity contribution in [1.82, 2.24) is 5.32 Å². The van der Waals surface area contributed by atoms with E-state index in [-0.39, 0.29) is 11.9 Å². The first-order chi connectivity index (χ1) is 8.14. The number of hydrogen-bond donors (Lipinski definition) is 2. The zero-order chi connectivity index (χ0) is 12.7. The summed E-state index contributed by atoms with van der Waals surface area (Å²) in [5.74, 6) is 1.18. The van der Waals surface area contributed by atoms with E-state index in [1.54, 1.807) is 11.8 Å². The van der Waals surface area contributed by atoms with E-state index in [0.717, 1.165) is 25.0 Å². The van der Waals surface area contributed by atoms with Gasteiger partial charge in [-0.3, -0.25) is 4.79 Å². The van der Waals surface area contributed by atoms with Crippen LogP contribution in [0.25, 0.3) is 0 Å². The van der Waals surface area contributed by atoms with Gasteiger partial charge in [0.25, 0.3) is 0 Å². The van der Waals surface area contributed by atoms with E-state index in [9.17, 15) is 4.79 Å². The minimum Gasteiger partial charge on any atom is -0.381 e. The normalized spacial score (nSPS) is 20.9. The molecule has 0 radical (unpaired) electrons. The van der Waals surface area contributed by atoms with Gasteiger partial charge in [0.2, 0.25) is 5.91 Å². The van der Waals surface area contributed by atoms with Crippen LogP contribution in [0.1, 0.15) is 26.2 Å². The summed E-state index contributed by atoms with van der Waals surface area (Å²) in [6, 6.07) is 0.223. The average molecular weight is 260 g/mol. The maximum atomic E-state index is 12.3. The van der Waals surface area contributed by atoms with Crippen molar-refractivity contribution in [2.75, 3.05) is 31.8 Å². The first-order valence-electron chi connectivity index (χ1n) is 6.22. The molecule has 1 fully saturated rings. The number of carbonyl (C=O) groups is 1. The molecule has 0 aromatic carbocycles. The van der Waals surface area contributed by atoms with E-state index < -0.39 is 5.41 Å². The predicted octanol–water partition coefficient (Wildman–Crippen LogP) is 1.000. The summed E-state index contributed by atoms with van der Waals surface area (Å²) >= 11 is 1.80. The molecule has 1 rings (SSSR count). The lowest BCUT2D eigenvalue weighted by molar-refractivity contribution is -0.136. The minimum absolute atomic E-state index is 0.108. The Labute approximate surface area is 108 Å². The van der Waals surface area contributed by atoms with Crippen LogP contribution >= 0.6 is 11.8 Å². The van der Waals surface area contributed by atoms with Crippen LogP contribution in [0.3, 0.4) is 0 Å². The Hall–Kier alpha value is -0.260. The van der Waals surface area contributed by atoms with E-state index in [0.29, 0.717) is 19.8 Å². The summed E-state index contributed by atoms with van der Waals surface area (Å²) in [6.07, 6.45) is 4.56. The standard InChI is InChI=1S/C12H24N2O2S/c1-10(3-8-17-2)14-11(15)12(9-13)4-6-16-7-5-12/h10H,3-9,13H2,1-2H3,(H,14,15). The Morgan fingerprint density at radius 1 is 1.53 bits per heavy atom. The largest absolute Gasteiger partial charge is 0.381 e. The second-order valence-corrected chi connectivity index (χ2v) is 5.74. The molecule has 3 N–H and O–H groups in total. The number of carbonyl (C=O) groups excluding carboxylic acids is 1. The molecule has 0 aromatic heterocycles. The van der Waals surface area contributed by atoms with Gasteiger partial charge in [-0.15, -0.1) is 0 Å². The number of nitrogens with two attached hydrogens (primary N) is 1. The Morgan fingerprint density at radius 3 is 2.71 bits per heavy atom. The van der Waals surface area contributed by atoms with Crippen LogP contribution in [0.4, 0.5) is 0 Å². The molecule has 1 unspecified atom stereocenters. The molecule has 0 aromatic rings. The van der Waals surface area contributed by atoms with Gasteiger partial charge in [-0.2, -0.15) is 11.8 Å². The second kappa shape index (κ2) is 7.24. The molecule has 1 saturated heterocycles. The maximum Gasteiger partial charge on any atom is 0.227 e. The molecule has 1 aliphatic heterocycles. The fourth-order valence-electron chi connectivity index (χ4n) is 2.03. The molecule has 0 aliphatic carbocycles. The Balaban J connectivity index is 2.48. The van der Waals surface area contributed by atoms with Crippen LogP contribution < -0.4 is 11.1 Å². The van der Waals surface area contributed by atoms with Crippen LogP contribution in [0.2, 0.25) is 0 Å². The monoisotopic (exact) mass is 260 g/mol. The van der Waals surface area contributed by atoms with Gasteiger partial charge in [0.15, 0.2) is 0 Å². The van der Waals surface area contributed by atoms with Crippen molar-refractivity contribution in [2.45, 2.75) is 32.2 Å².